The van der Waals surface area contributed by atoms with Gasteiger partial charge in [-0.2, -0.15) is 0 Å². The van der Waals surface area contributed by atoms with E-state index in [9.17, 15) is 19.5 Å². The lowest BCUT2D eigenvalue weighted by Gasteiger charge is -2.19. The molecule has 1 unspecified atom stereocenters. The summed E-state index contributed by atoms with van der Waals surface area (Å²) < 4.78 is 14.3. The molecule has 1 atom stereocenters. The van der Waals surface area contributed by atoms with Gasteiger partial charge in [0.2, 0.25) is 0 Å². The summed E-state index contributed by atoms with van der Waals surface area (Å²) in [6.07, 6.45) is -1.94. The molecule has 0 spiro atoms. The molecule has 142 valence electrons. The minimum absolute atomic E-state index is 0.0294. The molecule has 0 aromatic carbocycles. The van der Waals surface area contributed by atoms with Gasteiger partial charge < -0.3 is 34.6 Å². The molecule has 0 saturated carbocycles. The monoisotopic (exact) mass is 354 g/mol. The molecule has 0 aromatic heterocycles. The van der Waals surface area contributed by atoms with E-state index in [2.05, 4.69) is 4.74 Å². The van der Waals surface area contributed by atoms with Crippen molar-refractivity contribution in [3.8, 4) is 0 Å². The molecule has 0 saturated heterocycles. The highest BCUT2D eigenvalue weighted by Gasteiger charge is 2.41. The molecule has 0 amide bonds. The number of aliphatic carboxylic acids is 2. The maximum absolute atomic E-state index is 10.9. The molecule has 4 N–H and O–H groups in total. The van der Waals surface area contributed by atoms with Crippen LogP contribution in [0.1, 0.15) is 26.7 Å². The summed E-state index contributed by atoms with van der Waals surface area (Å²) in [5.41, 5.74) is -2.61. The lowest BCUT2D eigenvalue weighted by molar-refractivity contribution is -0.171. The number of esters is 1. The summed E-state index contributed by atoms with van der Waals surface area (Å²) in [6, 6.07) is 0. The van der Waals surface area contributed by atoms with Crippen LogP contribution in [0.15, 0.2) is 0 Å². The molecule has 0 heterocycles. The number of hydrogen-bond donors (Lipinski definition) is 4. The highest BCUT2D eigenvalue weighted by Crippen LogP contribution is 2.16. The van der Waals surface area contributed by atoms with E-state index in [-0.39, 0.29) is 13.2 Å². The maximum atomic E-state index is 10.9. The van der Waals surface area contributed by atoms with Crippen LogP contribution in [0.3, 0.4) is 0 Å². The first-order valence-electron chi connectivity index (χ1n) is 7.33. The number of aliphatic hydroxyl groups is 2. The van der Waals surface area contributed by atoms with Crippen molar-refractivity contribution in [1.29, 1.82) is 0 Å². The molecule has 0 aliphatic carbocycles. The third kappa shape index (κ3) is 13.9. The summed E-state index contributed by atoms with van der Waals surface area (Å²) in [5, 5.41) is 34.6. The van der Waals surface area contributed by atoms with Crippen molar-refractivity contribution in [3.05, 3.63) is 0 Å². The summed E-state index contributed by atoms with van der Waals surface area (Å²) in [7, 11) is 0. The van der Waals surface area contributed by atoms with Crippen LogP contribution in [0.2, 0.25) is 0 Å². The minimum Gasteiger partial charge on any atom is -0.481 e. The number of rotatable bonds is 12. The van der Waals surface area contributed by atoms with Crippen LogP contribution in [-0.4, -0.2) is 83.6 Å². The molecular formula is C14H26O10. The van der Waals surface area contributed by atoms with Gasteiger partial charge in [0.1, 0.15) is 0 Å². The van der Waals surface area contributed by atoms with Crippen LogP contribution >= 0.6 is 0 Å². The van der Waals surface area contributed by atoms with Crippen LogP contribution in [0.25, 0.3) is 0 Å². The number of carbonyl (C=O) groups is 3. The van der Waals surface area contributed by atoms with Gasteiger partial charge in [-0.25, -0.2) is 4.79 Å². The Morgan fingerprint density at radius 3 is 1.92 bits per heavy atom. The van der Waals surface area contributed by atoms with Crippen LogP contribution in [0, 0.1) is 0 Å². The van der Waals surface area contributed by atoms with Crippen molar-refractivity contribution < 1.29 is 49.0 Å². The molecule has 0 fully saturated rings. The summed E-state index contributed by atoms with van der Waals surface area (Å²) >= 11 is 0. The lowest BCUT2D eigenvalue weighted by Crippen LogP contribution is -2.43. The van der Waals surface area contributed by atoms with Crippen molar-refractivity contribution in [2.24, 2.45) is 0 Å². The largest absolute Gasteiger partial charge is 0.481 e. The number of aliphatic hydroxyl groups excluding tert-OH is 1. The van der Waals surface area contributed by atoms with Crippen molar-refractivity contribution in [3.63, 3.8) is 0 Å². The van der Waals surface area contributed by atoms with Crippen molar-refractivity contribution in [2.75, 3.05) is 39.6 Å². The van der Waals surface area contributed by atoms with E-state index in [4.69, 9.17) is 24.8 Å². The molecule has 10 heteroatoms. The second-order valence-corrected chi connectivity index (χ2v) is 4.42. The molecule has 0 aliphatic heterocycles. The smallest absolute Gasteiger partial charge is 0.336 e. The van der Waals surface area contributed by atoms with Gasteiger partial charge in [-0.3, -0.25) is 9.59 Å². The third-order valence-corrected chi connectivity index (χ3v) is 2.40. The normalized spacial score (nSPS) is 12.5. The van der Waals surface area contributed by atoms with E-state index in [0.29, 0.717) is 19.8 Å². The Bertz CT molecular complexity index is 365. The van der Waals surface area contributed by atoms with Gasteiger partial charge in [0.05, 0.1) is 45.9 Å². The molecule has 10 nitrogen and oxygen atoms in total. The quantitative estimate of drug-likeness (QED) is 0.259. The van der Waals surface area contributed by atoms with Crippen molar-refractivity contribution in [2.45, 2.75) is 32.3 Å². The van der Waals surface area contributed by atoms with Gasteiger partial charge in [0.15, 0.2) is 5.60 Å². The van der Waals surface area contributed by atoms with Crippen LogP contribution < -0.4 is 0 Å². The number of ether oxygens (including phenoxy) is 3. The minimum atomic E-state index is -2.61. The van der Waals surface area contributed by atoms with Crippen molar-refractivity contribution >= 4 is 17.9 Å². The Morgan fingerprint density at radius 1 is 0.917 bits per heavy atom. The van der Waals surface area contributed by atoms with E-state index in [1.54, 1.807) is 0 Å². The van der Waals surface area contributed by atoms with E-state index in [1.807, 2.05) is 6.92 Å². The van der Waals surface area contributed by atoms with Gasteiger partial charge >= 0.3 is 17.9 Å². The molecule has 0 bridgehead atoms. The molecular weight excluding hydrogens is 328 g/mol. The number of carboxylic acids is 2. The SMILES string of the molecule is CCOC(=O)CC(O)(CC(=O)O)C(=O)O.CCOCCOCCO. The van der Waals surface area contributed by atoms with E-state index < -0.39 is 36.4 Å². The fourth-order valence-corrected chi connectivity index (χ4v) is 1.34. The van der Waals surface area contributed by atoms with Gasteiger partial charge in [0, 0.05) is 6.61 Å². The number of carboxylic acid groups (broad SMARTS) is 2. The molecule has 0 aromatic rings. The van der Waals surface area contributed by atoms with E-state index in [1.165, 1.54) is 6.92 Å². The predicted octanol–water partition coefficient (Wildman–Crippen LogP) is -0.738. The molecule has 0 aliphatic rings. The molecule has 0 rings (SSSR count). The third-order valence-electron chi connectivity index (χ3n) is 2.40. The van der Waals surface area contributed by atoms with Gasteiger partial charge in [-0.1, -0.05) is 0 Å². The summed E-state index contributed by atoms with van der Waals surface area (Å²) in [5.74, 6) is -4.23. The number of carbonyl (C=O) groups excluding carboxylic acids is 1. The Labute approximate surface area is 139 Å². The highest BCUT2D eigenvalue weighted by atomic mass is 16.5. The Balaban J connectivity index is 0. The zero-order chi connectivity index (χ0) is 19.0. The first kappa shape index (κ1) is 24.5. The van der Waals surface area contributed by atoms with Gasteiger partial charge in [-0.15, -0.1) is 0 Å². The average molecular weight is 354 g/mol. The predicted molar refractivity (Wildman–Crippen MR) is 80.5 cm³/mol. The topological polar surface area (TPSA) is 160 Å². The van der Waals surface area contributed by atoms with Crippen LogP contribution in [0.4, 0.5) is 0 Å². The molecule has 0 radical (unpaired) electrons. The van der Waals surface area contributed by atoms with E-state index >= 15 is 0 Å². The second kappa shape index (κ2) is 14.8. The fraction of sp³-hybridized carbons (Fsp3) is 0.786. The first-order chi connectivity index (χ1) is 11.2. The summed E-state index contributed by atoms with van der Waals surface area (Å²) in [6.45, 7) is 5.90. The standard InChI is InChI=1S/C8H12O7.C6H14O3/c1-2-15-6(11)4-8(14,7(12)13)3-5(9)10;1-2-8-5-6-9-4-3-7/h14H,2-4H2,1H3,(H,9,10)(H,12,13);7H,2-6H2,1H3. The van der Waals surface area contributed by atoms with Crippen LogP contribution in [-0.2, 0) is 28.6 Å². The zero-order valence-electron chi connectivity index (χ0n) is 13.9. The maximum Gasteiger partial charge on any atom is 0.336 e. The van der Waals surface area contributed by atoms with E-state index in [0.717, 1.165) is 6.61 Å². The molecule has 24 heavy (non-hydrogen) atoms. The second-order valence-electron chi connectivity index (χ2n) is 4.42. The van der Waals surface area contributed by atoms with Gasteiger partial charge in [-0.05, 0) is 13.8 Å². The fourth-order valence-electron chi connectivity index (χ4n) is 1.34. The average Bonchev–Trinajstić information content (AvgIpc) is 2.47. The van der Waals surface area contributed by atoms with Crippen LogP contribution in [0.5, 0.6) is 0 Å². The zero-order valence-corrected chi connectivity index (χ0v) is 13.9. The highest BCUT2D eigenvalue weighted by molar-refractivity contribution is 5.88. The first-order valence-corrected chi connectivity index (χ1v) is 7.33. The van der Waals surface area contributed by atoms with Gasteiger partial charge in [0.25, 0.3) is 0 Å². The Kier molecular flexibility index (Phi) is 15.1. The van der Waals surface area contributed by atoms with Crippen molar-refractivity contribution in [1.82, 2.24) is 0 Å². The summed E-state index contributed by atoms with van der Waals surface area (Å²) in [4.78, 5) is 31.8. The Hall–Kier alpha value is -1.75. The Morgan fingerprint density at radius 2 is 1.50 bits per heavy atom. The number of hydrogen-bond acceptors (Lipinski definition) is 8. The lowest BCUT2D eigenvalue weighted by atomic mass is 9.96.